The van der Waals surface area contributed by atoms with Gasteiger partial charge in [0.05, 0.1) is 11.6 Å². The molecule has 2 aliphatic rings. The number of anilines is 1. The second kappa shape index (κ2) is 7.78. The Morgan fingerprint density at radius 2 is 2.06 bits per heavy atom. The first-order valence-electron chi connectivity index (χ1n) is 10.3. The Balaban J connectivity index is 1.94. The fourth-order valence-corrected chi connectivity index (χ4v) is 4.92. The molecule has 0 fully saturated rings. The zero-order chi connectivity index (χ0) is 23.4. The standard InChI is InChI=1S/C23H22ClF3N2O3/c1-3-13-11-22(31,23(25,26)27)21(15-10-16(24)12(2)20(30)19(13)15)28-17-7-4-8-18-14(17)6-5-9-29(18)32/h4-8,10,13,21,28,31H,3,9,11H2,1-2H3/p+1/t13-,21+,22-/m0/s1. The molecule has 1 heterocycles. The molecule has 170 valence electrons. The van der Waals surface area contributed by atoms with Gasteiger partial charge in [-0.15, -0.1) is 0 Å². The lowest BCUT2D eigenvalue weighted by Crippen LogP contribution is -2.55. The molecule has 3 atom stereocenters. The maximum Gasteiger partial charge on any atom is 0.419 e. The summed E-state index contributed by atoms with van der Waals surface area (Å²) >= 11 is 6.24. The molecule has 2 aromatic carbocycles. The van der Waals surface area contributed by atoms with Crippen LogP contribution >= 0.6 is 11.6 Å². The molecule has 0 spiro atoms. The average molecular weight is 468 g/mol. The number of fused-ring (bicyclic) bond motifs is 2. The lowest BCUT2D eigenvalue weighted by molar-refractivity contribution is -0.452. The van der Waals surface area contributed by atoms with Crippen molar-refractivity contribution in [3.05, 3.63) is 62.5 Å². The summed E-state index contributed by atoms with van der Waals surface area (Å²) in [7, 11) is 0. The minimum Gasteiger partial charge on any atom is -0.507 e. The van der Waals surface area contributed by atoms with E-state index in [9.17, 15) is 28.3 Å². The van der Waals surface area contributed by atoms with Gasteiger partial charge in [0, 0.05) is 37.6 Å². The number of aliphatic hydroxyl groups is 1. The Kier molecular flexibility index (Phi) is 5.49. The largest absolute Gasteiger partial charge is 0.507 e. The third-order valence-electron chi connectivity index (χ3n) is 6.51. The number of nitrogens with one attached hydrogen (secondary N) is 1. The molecule has 5 nitrogen and oxygen atoms in total. The molecular formula is C23H23ClF3N2O3+. The number of benzene rings is 2. The van der Waals surface area contributed by atoms with Crippen LogP contribution < -0.4 is 5.32 Å². The van der Waals surface area contributed by atoms with E-state index in [0.717, 1.165) is 4.76 Å². The van der Waals surface area contributed by atoms with Crippen molar-refractivity contribution in [2.75, 3.05) is 11.9 Å². The van der Waals surface area contributed by atoms with Gasteiger partial charge in [-0.3, -0.25) is 0 Å². The van der Waals surface area contributed by atoms with Crippen molar-refractivity contribution in [1.82, 2.24) is 0 Å². The topological polar surface area (TPSA) is 72.6 Å². The number of rotatable bonds is 3. The first-order valence-corrected chi connectivity index (χ1v) is 10.7. The zero-order valence-electron chi connectivity index (χ0n) is 17.5. The zero-order valence-corrected chi connectivity index (χ0v) is 18.3. The molecule has 3 N–H and O–H groups in total. The number of halogens is 4. The maximum absolute atomic E-state index is 14.3. The van der Waals surface area contributed by atoms with Crippen molar-refractivity contribution < 1.29 is 28.1 Å². The second-order valence-electron chi connectivity index (χ2n) is 8.35. The number of nitroso groups, excluding NO2 is 1. The molecule has 0 aromatic heterocycles. The van der Waals surface area contributed by atoms with Crippen LogP contribution in [0.1, 0.15) is 54.0 Å². The van der Waals surface area contributed by atoms with Gasteiger partial charge in [-0.05, 0) is 55.5 Å². The number of alkyl halides is 3. The first kappa shape index (κ1) is 22.6. The van der Waals surface area contributed by atoms with Gasteiger partial charge < -0.3 is 15.5 Å². The molecule has 1 aliphatic carbocycles. The number of nitrogens with zero attached hydrogens (tertiary/aromatic N) is 1. The summed E-state index contributed by atoms with van der Waals surface area (Å²) in [6.45, 7) is 3.44. The van der Waals surface area contributed by atoms with Crippen LogP contribution in [0.2, 0.25) is 5.02 Å². The van der Waals surface area contributed by atoms with Gasteiger partial charge in [0.15, 0.2) is 5.60 Å². The van der Waals surface area contributed by atoms with E-state index in [4.69, 9.17) is 11.6 Å². The van der Waals surface area contributed by atoms with Crippen LogP contribution in [0, 0.1) is 11.8 Å². The van der Waals surface area contributed by atoms with Crippen LogP contribution in [-0.2, 0) is 0 Å². The predicted octanol–water partition coefficient (Wildman–Crippen LogP) is 6.14. The summed E-state index contributed by atoms with van der Waals surface area (Å²) in [6.07, 6.45) is -2.01. The number of phenolic OH excluding ortho intramolecular Hbond substituents is 1. The summed E-state index contributed by atoms with van der Waals surface area (Å²) < 4.78 is 43.7. The fraction of sp³-hybridized carbons (Fsp3) is 0.391. The molecule has 0 unspecified atom stereocenters. The van der Waals surface area contributed by atoms with Crippen molar-refractivity contribution >= 4 is 29.1 Å². The molecule has 0 saturated carbocycles. The van der Waals surface area contributed by atoms with Gasteiger partial charge in [-0.1, -0.05) is 24.6 Å². The van der Waals surface area contributed by atoms with E-state index in [1.807, 2.05) is 0 Å². The van der Waals surface area contributed by atoms with Crippen molar-refractivity contribution in [2.45, 2.75) is 50.4 Å². The fourth-order valence-electron chi connectivity index (χ4n) is 4.71. The van der Waals surface area contributed by atoms with E-state index >= 15 is 0 Å². The van der Waals surface area contributed by atoms with Crippen LogP contribution in [0.4, 0.5) is 24.5 Å². The van der Waals surface area contributed by atoms with Crippen molar-refractivity contribution in [2.24, 2.45) is 0 Å². The molecule has 4 rings (SSSR count). The number of phenols is 1. The first-order chi connectivity index (χ1) is 15.0. The Labute approximate surface area is 188 Å². The van der Waals surface area contributed by atoms with Gasteiger partial charge in [-0.25, -0.2) is 0 Å². The third-order valence-corrected chi connectivity index (χ3v) is 6.90. The van der Waals surface area contributed by atoms with E-state index in [2.05, 4.69) is 5.32 Å². The highest BCUT2D eigenvalue weighted by Crippen LogP contribution is 2.56. The van der Waals surface area contributed by atoms with E-state index in [-0.39, 0.29) is 28.6 Å². The molecule has 0 radical (unpaired) electrons. The minimum atomic E-state index is -4.96. The Bertz CT molecular complexity index is 1130. The maximum atomic E-state index is 14.3. The van der Waals surface area contributed by atoms with E-state index in [1.165, 1.54) is 6.07 Å². The number of hydrogen-bond donors (Lipinski definition) is 3. The summed E-state index contributed by atoms with van der Waals surface area (Å²) in [5.74, 6) is -0.872. The SMILES string of the molecule is CC[C@H]1C[C@@](O)(C(F)(F)F)[C@H](Nc2cccc3c2C=CC[N+]3=O)c2cc(Cl)c(C)c(O)c21. The summed E-state index contributed by atoms with van der Waals surface area (Å²) in [4.78, 5) is 12.2. The highest BCUT2D eigenvalue weighted by atomic mass is 35.5. The van der Waals surface area contributed by atoms with Gasteiger partial charge in [0.2, 0.25) is 6.54 Å². The van der Waals surface area contributed by atoms with Gasteiger partial charge in [0.1, 0.15) is 5.75 Å². The predicted molar refractivity (Wildman–Crippen MR) is 117 cm³/mol. The van der Waals surface area contributed by atoms with Gasteiger partial charge in [-0.2, -0.15) is 13.2 Å². The number of hydrogen-bond acceptors (Lipinski definition) is 4. The highest BCUT2D eigenvalue weighted by molar-refractivity contribution is 6.31. The minimum absolute atomic E-state index is 0.0902. The van der Waals surface area contributed by atoms with Crippen LogP contribution in [0.25, 0.3) is 6.08 Å². The van der Waals surface area contributed by atoms with E-state index < -0.39 is 30.2 Å². The summed E-state index contributed by atoms with van der Waals surface area (Å²) in [5.41, 5.74) is -1.28. The normalized spacial score (nSPS) is 24.8. The smallest absolute Gasteiger partial charge is 0.419 e. The monoisotopic (exact) mass is 467 g/mol. The molecule has 0 amide bonds. The van der Waals surface area contributed by atoms with Crippen molar-refractivity contribution in [3.63, 3.8) is 0 Å². The third kappa shape index (κ3) is 3.36. The van der Waals surface area contributed by atoms with Crippen molar-refractivity contribution in [3.8, 4) is 5.75 Å². The Hall–Kier alpha value is -2.58. The summed E-state index contributed by atoms with van der Waals surface area (Å²) in [5, 5.41) is 24.8. The highest BCUT2D eigenvalue weighted by Gasteiger charge is 2.62. The molecule has 0 bridgehead atoms. The molecular weight excluding hydrogens is 445 g/mol. The Morgan fingerprint density at radius 3 is 2.72 bits per heavy atom. The molecule has 9 heteroatoms. The Morgan fingerprint density at radius 1 is 1.34 bits per heavy atom. The molecule has 2 aromatic rings. The number of aromatic hydroxyl groups is 1. The molecule has 0 saturated heterocycles. The molecule has 1 aliphatic heterocycles. The van der Waals surface area contributed by atoms with Crippen LogP contribution in [0.5, 0.6) is 5.75 Å². The average Bonchev–Trinajstić information content (AvgIpc) is 2.73. The lowest BCUT2D eigenvalue weighted by Gasteiger charge is -2.46. The van der Waals surface area contributed by atoms with Crippen LogP contribution in [-0.4, -0.2) is 33.3 Å². The quantitative estimate of drug-likeness (QED) is 0.474. The van der Waals surface area contributed by atoms with Crippen molar-refractivity contribution in [1.29, 1.82) is 0 Å². The van der Waals surface area contributed by atoms with E-state index in [1.54, 1.807) is 44.2 Å². The van der Waals surface area contributed by atoms with Crippen LogP contribution in [0.15, 0.2) is 30.3 Å². The van der Waals surface area contributed by atoms with Gasteiger partial charge in [0.25, 0.3) is 5.69 Å². The van der Waals surface area contributed by atoms with E-state index in [0.29, 0.717) is 28.8 Å². The molecule has 32 heavy (non-hydrogen) atoms. The summed E-state index contributed by atoms with van der Waals surface area (Å²) in [6, 6.07) is 4.44. The second-order valence-corrected chi connectivity index (χ2v) is 8.75. The van der Waals surface area contributed by atoms with Crippen LogP contribution in [0.3, 0.4) is 0 Å². The van der Waals surface area contributed by atoms with Gasteiger partial charge >= 0.3 is 6.18 Å². The lowest BCUT2D eigenvalue weighted by atomic mass is 9.68.